The van der Waals surface area contributed by atoms with E-state index < -0.39 is 43.9 Å². The number of hydrogen-bond acceptors (Lipinski definition) is 5. The van der Waals surface area contributed by atoms with E-state index in [-0.39, 0.29) is 16.8 Å². The first-order valence-electron chi connectivity index (χ1n) is 9.81. The minimum Gasteiger partial charge on any atom is -0.307 e. The van der Waals surface area contributed by atoms with E-state index in [1.165, 1.54) is 24.3 Å². The lowest BCUT2D eigenvalue weighted by atomic mass is 10.2. The molecule has 0 aliphatic carbocycles. The van der Waals surface area contributed by atoms with Gasteiger partial charge in [-0.1, -0.05) is 18.2 Å². The van der Waals surface area contributed by atoms with Crippen LogP contribution in [-0.2, 0) is 16.2 Å². The molecule has 0 fully saturated rings. The number of hydrogen-bond donors (Lipinski definition) is 3. The largest absolute Gasteiger partial charge is 0.416 e. The Morgan fingerprint density at radius 2 is 1.60 bits per heavy atom. The number of anilines is 1. The number of nitrogens with one attached hydrogen (secondary N) is 3. The van der Waals surface area contributed by atoms with Crippen molar-refractivity contribution < 1.29 is 26.4 Å². The molecule has 0 aliphatic rings. The maximum atomic E-state index is 12.9. The van der Waals surface area contributed by atoms with Crippen LogP contribution in [0.25, 0.3) is 16.6 Å². The molecule has 3 aromatic carbocycles. The molecule has 1 heterocycles. The summed E-state index contributed by atoms with van der Waals surface area (Å²) in [4.78, 5) is 39.1. The van der Waals surface area contributed by atoms with Crippen molar-refractivity contribution in [1.82, 2.24) is 14.3 Å². The Hall–Kier alpha value is -4.39. The maximum Gasteiger partial charge on any atom is 0.416 e. The lowest BCUT2D eigenvalue weighted by Crippen LogP contribution is -2.34. The second-order valence-electron chi connectivity index (χ2n) is 7.25. The number of rotatable bonds is 4. The quantitative estimate of drug-likeness (QED) is 0.393. The van der Waals surface area contributed by atoms with Gasteiger partial charge in [0.25, 0.3) is 15.6 Å². The minimum atomic E-state index is -4.76. The topological polar surface area (TPSA) is 130 Å². The van der Waals surface area contributed by atoms with Gasteiger partial charge >= 0.3 is 17.9 Å². The first kappa shape index (κ1) is 23.8. The molecule has 4 rings (SSSR count). The lowest BCUT2D eigenvalue weighted by molar-refractivity contribution is -0.137. The van der Waals surface area contributed by atoms with Gasteiger partial charge < -0.3 is 10.3 Å². The number of benzene rings is 3. The number of carbonyl (C=O) groups excluding carboxylic acids is 1. The number of fused-ring (bicyclic) bond motifs is 1. The Kier molecular flexibility index (Phi) is 5.94. The number of aromatic amines is 1. The van der Waals surface area contributed by atoms with Crippen LogP contribution in [0.1, 0.15) is 5.56 Å². The molecule has 4 aromatic rings. The van der Waals surface area contributed by atoms with E-state index in [0.717, 1.165) is 16.7 Å². The molecular formula is C22H15F3N4O5S. The van der Waals surface area contributed by atoms with E-state index in [4.69, 9.17) is 0 Å². The standard InChI is InChI=1S/C22H15F3N4O5S/c23-22(24,25)13-4-3-5-16(12-13)35(33,34)28-20(31)26-14-8-10-15(11-9-14)29-19(30)17-6-1-2-7-18(17)27-21(29)32/h1-12H,(H,27,32)(H2,26,28,31). The number of para-hydroxylation sites is 1. The summed E-state index contributed by atoms with van der Waals surface area (Å²) in [6, 6.07) is 13.5. The molecule has 0 bridgehead atoms. The fraction of sp³-hybridized carbons (Fsp3) is 0.0455. The Labute approximate surface area is 194 Å². The summed E-state index contributed by atoms with van der Waals surface area (Å²) in [6.07, 6.45) is -4.76. The molecule has 2 amide bonds. The van der Waals surface area contributed by atoms with Gasteiger partial charge in [-0.05, 0) is 54.6 Å². The third-order valence-corrected chi connectivity index (χ3v) is 6.22. The third-order valence-electron chi connectivity index (χ3n) is 4.89. The summed E-state index contributed by atoms with van der Waals surface area (Å²) < 4.78 is 65.7. The number of nitrogens with zero attached hydrogens (tertiary/aromatic N) is 1. The van der Waals surface area contributed by atoms with Crippen LogP contribution in [0.15, 0.2) is 87.3 Å². The predicted molar refractivity (Wildman–Crippen MR) is 121 cm³/mol. The Balaban J connectivity index is 1.53. The molecule has 35 heavy (non-hydrogen) atoms. The number of sulfonamides is 1. The van der Waals surface area contributed by atoms with Crippen LogP contribution < -0.4 is 21.3 Å². The highest BCUT2D eigenvalue weighted by Gasteiger charge is 2.32. The fourth-order valence-corrected chi connectivity index (χ4v) is 4.22. The molecular weight excluding hydrogens is 489 g/mol. The molecule has 180 valence electrons. The van der Waals surface area contributed by atoms with E-state index in [9.17, 15) is 36.0 Å². The zero-order valence-corrected chi connectivity index (χ0v) is 18.3. The normalized spacial score (nSPS) is 11.9. The van der Waals surface area contributed by atoms with Crippen LogP contribution in [0, 0.1) is 0 Å². The summed E-state index contributed by atoms with van der Waals surface area (Å²) >= 11 is 0. The SMILES string of the molecule is O=C(Nc1ccc(-n2c(=O)[nH]c3ccccc3c2=O)cc1)NS(=O)(=O)c1cccc(C(F)(F)F)c1. The maximum absolute atomic E-state index is 12.9. The van der Waals surface area contributed by atoms with Crippen LogP contribution >= 0.6 is 0 Å². The molecule has 3 N–H and O–H groups in total. The van der Waals surface area contributed by atoms with Gasteiger partial charge in [0.05, 0.1) is 27.0 Å². The van der Waals surface area contributed by atoms with Crippen LogP contribution in [0.3, 0.4) is 0 Å². The number of H-pyrrole nitrogens is 1. The molecule has 0 radical (unpaired) electrons. The van der Waals surface area contributed by atoms with Gasteiger partial charge in [0.15, 0.2) is 0 Å². The number of carbonyl (C=O) groups is 1. The number of amides is 2. The van der Waals surface area contributed by atoms with E-state index >= 15 is 0 Å². The molecule has 0 aliphatic heterocycles. The van der Waals surface area contributed by atoms with Gasteiger partial charge in [0.2, 0.25) is 0 Å². The summed E-state index contributed by atoms with van der Waals surface area (Å²) in [5.74, 6) is 0. The third kappa shape index (κ3) is 4.94. The Morgan fingerprint density at radius 3 is 2.29 bits per heavy atom. The molecule has 0 saturated heterocycles. The Bertz CT molecular complexity index is 1660. The van der Waals surface area contributed by atoms with E-state index in [2.05, 4.69) is 10.3 Å². The first-order valence-corrected chi connectivity index (χ1v) is 11.3. The van der Waals surface area contributed by atoms with Crippen molar-refractivity contribution in [3.63, 3.8) is 0 Å². The highest BCUT2D eigenvalue weighted by Crippen LogP contribution is 2.30. The second-order valence-corrected chi connectivity index (χ2v) is 8.93. The van der Waals surface area contributed by atoms with Crippen LogP contribution in [0.2, 0.25) is 0 Å². The number of aromatic nitrogens is 2. The summed E-state index contributed by atoms with van der Waals surface area (Å²) in [5.41, 5.74) is -1.78. The van der Waals surface area contributed by atoms with Gasteiger partial charge in [-0.15, -0.1) is 0 Å². The first-order chi connectivity index (χ1) is 16.5. The number of halogens is 3. The smallest absolute Gasteiger partial charge is 0.307 e. The molecule has 0 unspecified atom stereocenters. The van der Waals surface area contributed by atoms with Crippen LogP contribution in [0.5, 0.6) is 0 Å². The Morgan fingerprint density at radius 1 is 0.914 bits per heavy atom. The lowest BCUT2D eigenvalue weighted by Gasteiger charge is -2.11. The molecule has 13 heteroatoms. The van der Waals surface area contributed by atoms with E-state index in [0.29, 0.717) is 17.6 Å². The minimum absolute atomic E-state index is 0.0933. The van der Waals surface area contributed by atoms with Crippen molar-refractivity contribution in [3.8, 4) is 5.69 Å². The van der Waals surface area contributed by atoms with Crippen molar-refractivity contribution in [2.45, 2.75) is 11.1 Å². The molecule has 1 aromatic heterocycles. The van der Waals surface area contributed by atoms with E-state index in [1.54, 1.807) is 29.0 Å². The average Bonchev–Trinajstić information content (AvgIpc) is 2.79. The average molecular weight is 504 g/mol. The van der Waals surface area contributed by atoms with Crippen LogP contribution in [0.4, 0.5) is 23.7 Å². The molecule has 9 nitrogen and oxygen atoms in total. The highest BCUT2D eigenvalue weighted by atomic mass is 32.2. The predicted octanol–water partition coefficient (Wildman–Crippen LogP) is 3.21. The van der Waals surface area contributed by atoms with Gasteiger partial charge in [-0.25, -0.2) is 27.3 Å². The van der Waals surface area contributed by atoms with Crippen molar-refractivity contribution in [1.29, 1.82) is 0 Å². The highest BCUT2D eigenvalue weighted by molar-refractivity contribution is 7.90. The zero-order valence-electron chi connectivity index (χ0n) is 17.5. The molecule has 0 spiro atoms. The zero-order chi connectivity index (χ0) is 25.4. The van der Waals surface area contributed by atoms with E-state index in [1.807, 2.05) is 0 Å². The second kappa shape index (κ2) is 8.76. The summed E-state index contributed by atoms with van der Waals surface area (Å²) in [5, 5.41) is 2.51. The summed E-state index contributed by atoms with van der Waals surface area (Å²) in [7, 11) is -4.60. The summed E-state index contributed by atoms with van der Waals surface area (Å²) in [6.45, 7) is 0. The van der Waals surface area contributed by atoms with Crippen molar-refractivity contribution >= 4 is 32.6 Å². The fourth-order valence-electron chi connectivity index (χ4n) is 3.27. The van der Waals surface area contributed by atoms with Crippen LogP contribution in [-0.4, -0.2) is 24.0 Å². The van der Waals surface area contributed by atoms with Crippen molar-refractivity contribution in [2.24, 2.45) is 0 Å². The van der Waals surface area contributed by atoms with Gasteiger partial charge in [0, 0.05) is 5.69 Å². The number of alkyl halides is 3. The van der Waals surface area contributed by atoms with Crippen molar-refractivity contribution in [2.75, 3.05) is 5.32 Å². The van der Waals surface area contributed by atoms with Gasteiger partial charge in [0.1, 0.15) is 0 Å². The molecule has 0 saturated carbocycles. The monoisotopic (exact) mass is 504 g/mol. The molecule has 0 atom stereocenters. The number of urea groups is 1. The van der Waals surface area contributed by atoms with Crippen molar-refractivity contribution in [3.05, 3.63) is 99.2 Å². The van der Waals surface area contributed by atoms with Gasteiger partial charge in [-0.3, -0.25) is 4.79 Å². The van der Waals surface area contributed by atoms with Gasteiger partial charge in [-0.2, -0.15) is 13.2 Å².